The molecule has 116 valence electrons. The smallest absolute Gasteiger partial charge is 0.230 e. The summed E-state index contributed by atoms with van der Waals surface area (Å²) in [6.45, 7) is 0. The molecule has 0 bridgehead atoms. The van der Waals surface area contributed by atoms with E-state index in [1.165, 1.54) is 11.3 Å². The normalized spacial score (nSPS) is 10.5. The van der Waals surface area contributed by atoms with Crippen LogP contribution in [0.15, 0.2) is 48.0 Å². The van der Waals surface area contributed by atoms with E-state index >= 15 is 0 Å². The zero-order chi connectivity index (χ0) is 16.2. The average Bonchev–Trinajstić information content (AvgIpc) is 2.99. The second-order valence-electron chi connectivity index (χ2n) is 4.71. The predicted octanol–water partition coefficient (Wildman–Crippen LogP) is 4.69. The van der Waals surface area contributed by atoms with Crippen LogP contribution in [0, 0.1) is 0 Å². The first-order valence-corrected chi connectivity index (χ1v) is 8.36. The van der Waals surface area contributed by atoms with Crippen molar-refractivity contribution in [3.8, 4) is 11.4 Å². The van der Waals surface area contributed by atoms with Gasteiger partial charge in [0.25, 0.3) is 0 Å². The lowest BCUT2D eigenvalue weighted by molar-refractivity contribution is -0.115. The van der Waals surface area contributed by atoms with Gasteiger partial charge in [0, 0.05) is 21.6 Å². The predicted molar refractivity (Wildman–Crippen MR) is 94.1 cm³/mol. The molecule has 3 aromatic rings. The van der Waals surface area contributed by atoms with E-state index < -0.39 is 0 Å². The Hall–Kier alpha value is -1.95. The highest BCUT2D eigenvalue weighted by Gasteiger charge is 2.11. The Morgan fingerprint density at radius 3 is 2.78 bits per heavy atom. The summed E-state index contributed by atoms with van der Waals surface area (Å²) in [6, 6.07) is 10.7. The molecule has 1 aromatic carbocycles. The third-order valence-electron chi connectivity index (χ3n) is 3.04. The minimum Gasteiger partial charge on any atom is -0.302 e. The first-order chi connectivity index (χ1) is 11.1. The van der Waals surface area contributed by atoms with Gasteiger partial charge in [0.15, 0.2) is 5.13 Å². The van der Waals surface area contributed by atoms with Gasteiger partial charge in [-0.25, -0.2) is 4.98 Å². The Bertz CT molecular complexity index is 836. The molecular weight excluding hydrogens is 353 g/mol. The van der Waals surface area contributed by atoms with Crippen LogP contribution in [0.1, 0.15) is 5.56 Å². The molecule has 0 spiro atoms. The molecule has 3 rings (SSSR count). The summed E-state index contributed by atoms with van der Waals surface area (Å²) < 4.78 is 0. The number of benzene rings is 1. The Labute approximate surface area is 147 Å². The number of nitrogens with one attached hydrogen (secondary N) is 1. The molecule has 0 aliphatic carbocycles. The first kappa shape index (κ1) is 15.9. The number of anilines is 1. The number of thiazole rings is 1. The molecule has 0 unspecified atom stereocenters. The lowest BCUT2D eigenvalue weighted by atomic mass is 10.1. The Kier molecular flexibility index (Phi) is 4.91. The maximum absolute atomic E-state index is 12.1. The summed E-state index contributed by atoms with van der Waals surface area (Å²) in [6.07, 6.45) is 1.87. The molecule has 0 atom stereocenters. The molecule has 2 heterocycles. The van der Waals surface area contributed by atoms with Crippen molar-refractivity contribution >= 4 is 45.6 Å². The summed E-state index contributed by atoms with van der Waals surface area (Å²) >= 11 is 13.3. The number of pyridine rings is 1. The number of hydrogen-bond donors (Lipinski definition) is 1. The fraction of sp³-hybridized carbons (Fsp3) is 0.0625. The number of aromatic nitrogens is 2. The van der Waals surface area contributed by atoms with Crippen molar-refractivity contribution < 1.29 is 4.79 Å². The van der Waals surface area contributed by atoms with Crippen LogP contribution >= 0.6 is 34.5 Å². The maximum atomic E-state index is 12.1. The van der Waals surface area contributed by atoms with Gasteiger partial charge in [0.1, 0.15) is 5.69 Å². The minimum absolute atomic E-state index is 0.161. The number of carbonyl (C=O) groups is 1. The van der Waals surface area contributed by atoms with Gasteiger partial charge in [0.05, 0.1) is 12.1 Å². The molecule has 4 nitrogen and oxygen atoms in total. The minimum atomic E-state index is -0.184. The summed E-state index contributed by atoms with van der Waals surface area (Å²) in [5.74, 6) is -0.184. The number of halogens is 2. The Balaban J connectivity index is 1.68. The van der Waals surface area contributed by atoms with Crippen LogP contribution in [-0.4, -0.2) is 15.9 Å². The molecule has 7 heteroatoms. The van der Waals surface area contributed by atoms with E-state index in [-0.39, 0.29) is 12.3 Å². The quantitative estimate of drug-likeness (QED) is 0.731. The van der Waals surface area contributed by atoms with Crippen LogP contribution in [0.5, 0.6) is 0 Å². The van der Waals surface area contributed by atoms with E-state index in [0.717, 1.165) is 17.0 Å². The molecule has 0 aliphatic heterocycles. The largest absolute Gasteiger partial charge is 0.302 e. The highest BCUT2D eigenvalue weighted by Crippen LogP contribution is 2.24. The van der Waals surface area contributed by atoms with Crippen LogP contribution in [0.4, 0.5) is 5.13 Å². The molecule has 0 aliphatic rings. The fourth-order valence-corrected chi connectivity index (χ4v) is 3.16. The van der Waals surface area contributed by atoms with E-state index in [1.54, 1.807) is 24.4 Å². The van der Waals surface area contributed by atoms with Crippen molar-refractivity contribution in [2.75, 3.05) is 5.32 Å². The van der Waals surface area contributed by atoms with Gasteiger partial charge in [0.2, 0.25) is 5.91 Å². The number of nitrogens with zero attached hydrogens (tertiary/aromatic N) is 2. The van der Waals surface area contributed by atoms with Crippen molar-refractivity contribution in [2.24, 2.45) is 0 Å². The molecule has 0 saturated heterocycles. The number of rotatable bonds is 4. The maximum Gasteiger partial charge on any atom is 0.230 e. The van der Waals surface area contributed by atoms with E-state index in [4.69, 9.17) is 23.2 Å². The molecule has 23 heavy (non-hydrogen) atoms. The molecule has 1 amide bonds. The molecule has 1 N–H and O–H groups in total. The average molecular weight is 364 g/mol. The molecule has 2 aromatic heterocycles. The molecule has 0 radical (unpaired) electrons. The van der Waals surface area contributed by atoms with E-state index in [0.29, 0.717) is 15.2 Å². The first-order valence-electron chi connectivity index (χ1n) is 6.72. The van der Waals surface area contributed by atoms with Gasteiger partial charge in [-0.15, -0.1) is 11.3 Å². The number of hydrogen-bond acceptors (Lipinski definition) is 4. The molecule has 0 saturated carbocycles. The summed E-state index contributed by atoms with van der Waals surface area (Å²) in [7, 11) is 0. The zero-order valence-corrected chi connectivity index (χ0v) is 14.1. The van der Waals surface area contributed by atoms with Gasteiger partial charge >= 0.3 is 0 Å². The van der Waals surface area contributed by atoms with Crippen molar-refractivity contribution in [3.63, 3.8) is 0 Å². The zero-order valence-electron chi connectivity index (χ0n) is 11.8. The van der Waals surface area contributed by atoms with Gasteiger partial charge in [-0.05, 0) is 29.8 Å². The Morgan fingerprint density at radius 2 is 2.04 bits per heavy atom. The summed E-state index contributed by atoms with van der Waals surface area (Å²) in [4.78, 5) is 20.7. The number of amides is 1. The van der Waals surface area contributed by atoms with Crippen molar-refractivity contribution in [2.45, 2.75) is 6.42 Å². The fourth-order valence-electron chi connectivity index (χ4n) is 1.96. The van der Waals surface area contributed by atoms with Gasteiger partial charge < -0.3 is 5.32 Å². The third kappa shape index (κ3) is 4.07. The highest BCUT2D eigenvalue weighted by molar-refractivity contribution is 7.14. The second-order valence-corrected chi connectivity index (χ2v) is 6.42. The standard InChI is InChI=1S/C16H11Cl2N3OS/c17-11-5-4-10(12(18)8-11)7-15(22)21-16-20-14(9-23-16)13-3-1-2-6-19-13/h1-6,8-9H,7H2,(H,20,21,22). The SMILES string of the molecule is O=C(Cc1ccc(Cl)cc1Cl)Nc1nc(-c2ccccn2)cs1. The van der Waals surface area contributed by atoms with Crippen LogP contribution in [0.2, 0.25) is 10.0 Å². The second kappa shape index (κ2) is 7.08. The third-order valence-corrected chi connectivity index (χ3v) is 4.39. The topological polar surface area (TPSA) is 54.9 Å². The van der Waals surface area contributed by atoms with Crippen LogP contribution in [0.3, 0.4) is 0 Å². The summed E-state index contributed by atoms with van der Waals surface area (Å²) in [5.41, 5.74) is 2.22. The van der Waals surface area contributed by atoms with E-state index in [2.05, 4.69) is 15.3 Å². The van der Waals surface area contributed by atoms with Gasteiger partial charge in [-0.2, -0.15) is 0 Å². The van der Waals surface area contributed by atoms with E-state index in [9.17, 15) is 4.79 Å². The van der Waals surface area contributed by atoms with Gasteiger partial charge in [-0.3, -0.25) is 9.78 Å². The van der Waals surface area contributed by atoms with Crippen molar-refractivity contribution in [1.29, 1.82) is 0 Å². The number of carbonyl (C=O) groups excluding carboxylic acids is 1. The van der Waals surface area contributed by atoms with Crippen molar-refractivity contribution in [1.82, 2.24) is 9.97 Å². The van der Waals surface area contributed by atoms with E-state index in [1.807, 2.05) is 23.6 Å². The molecule has 0 fully saturated rings. The molecular formula is C16H11Cl2N3OS. The lowest BCUT2D eigenvalue weighted by Gasteiger charge is -2.04. The van der Waals surface area contributed by atoms with Gasteiger partial charge in [-0.1, -0.05) is 35.3 Å². The highest BCUT2D eigenvalue weighted by atomic mass is 35.5. The van der Waals surface area contributed by atoms with Crippen LogP contribution in [-0.2, 0) is 11.2 Å². The lowest BCUT2D eigenvalue weighted by Crippen LogP contribution is -2.14. The van der Waals surface area contributed by atoms with Crippen LogP contribution in [0.25, 0.3) is 11.4 Å². The monoisotopic (exact) mass is 363 g/mol. The Morgan fingerprint density at radius 1 is 1.17 bits per heavy atom. The summed E-state index contributed by atoms with van der Waals surface area (Å²) in [5, 5.41) is 6.17. The van der Waals surface area contributed by atoms with Crippen molar-refractivity contribution in [3.05, 3.63) is 63.6 Å². The van der Waals surface area contributed by atoms with Crippen LogP contribution < -0.4 is 5.32 Å².